The summed E-state index contributed by atoms with van der Waals surface area (Å²) in [6.07, 6.45) is 5.60. The maximum Gasteiger partial charge on any atom is 0.299 e. The van der Waals surface area contributed by atoms with E-state index in [0.717, 1.165) is 12.1 Å². The average Bonchev–Trinajstić information content (AvgIpc) is 3.30. The molecule has 2 N–H and O–H groups in total. The van der Waals surface area contributed by atoms with Crippen LogP contribution in [0.15, 0.2) is 84.6 Å². The molecule has 4 heterocycles. The normalized spacial score (nSPS) is 10.8. The number of nitrogens with zero attached hydrogens (tertiary/aromatic N) is 6. The molecule has 4 aromatic heterocycles. The van der Waals surface area contributed by atoms with Gasteiger partial charge in [0.25, 0.3) is 5.56 Å². The molecule has 0 atom stereocenters. The maximum absolute atomic E-state index is 13.7. The number of pyridine rings is 2. The van der Waals surface area contributed by atoms with Crippen molar-refractivity contribution in [2.45, 2.75) is 0 Å². The van der Waals surface area contributed by atoms with Crippen molar-refractivity contribution < 1.29 is 13.9 Å². The molecule has 184 valence electrons. The van der Waals surface area contributed by atoms with Gasteiger partial charge in [-0.1, -0.05) is 12.6 Å². The van der Waals surface area contributed by atoms with E-state index in [1.807, 2.05) is 0 Å². The number of anilines is 3. The Balaban J connectivity index is 1.66. The van der Waals surface area contributed by atoms with Gasteiger partial charge in [-0.05, 0) is 42.5 Å². The lowest BCUT2D eigenvalue weighted by Crippen LogP contribution is -2.21. The third-order valence-electron chi connectivity index (χ3n) is 5.15. The number of carbonyl (C=O) groups is 1. The number of nitrogens with one attached hydrogen (secondary N) is 2. The summed E-state index contributed by atoms with van der Waals surface area (Å²) in [6.45, 7) is 3.45. The van der Waals surface area contributed by atoms with Gasteiger partial charge in [0.1, 0.15) is 5.75 Å². The lowest BCUT2D eigenvalue weighted by atomic mass is 10.2. The highest BCUT2D eigenvalue weighted by Gasteiger charge is 2.16. The van der Waals surface area contributed by atoms with E-state index in [0.29, 0.717) is 22.6 Å². The van der Waals surface area contributed by atoms with Crippen molar-refractivity contribution in [2.24, 2.45) is 7.05 Å². The molecule has 0 unspecified atom stereocenters. The van der Waals surface area contributed by atoms with Crippen molar-refractivity contribution in [3.8, 4) is 17.2 Å². The molecule has 12 heteroatoms. The topological polar surface area (TPSA) is 129 Å². The largest absolute Gasteiger partial charge is 0.450 e. The minimum atomic E-state index is -0.678. The number of halogens is 1. The van der Waals surface area contributed by atoms with E-state index in [4.69, 9.17) is 4.74 Å². The Morgan fingerprint density at radius 3 is 2.73 bits per heavy atom. The molecule has 11 nitrogen and oxygen atoms in total. The van der Waals surface area contributed by atoms with E-state index < -0.39 is 17.4 Å². The molecular formula is C25H19FN8O3. The maximum atomic E-state index is 13.7. The molecular weight excluding hydrogens is 479 g/mol. The number of aromatic nitrogens is 6. The van der Waals surface area contributed by atoms with Gasteiger partial charge in [0, 0.05) is 36.6 Å². The highest BCUT2D eigenvalue weighted by Crippen LogP contribution is 2.25. The second kappa shape index (κ2) is 9.70. The minimum Gasteiger partial charge on any atom is -0.450 e. The van der Waals surface area contributed by atoms with Crippen LogP contribution in [0, 0.1) is 5.95 Å². The van der Waals surface area contributed by atoms with Crippen LogP contribution in [-0.4, -0.2) is 35.2 Å². The fraction of sp³-hybridized carbons (Fsp3) is 0.0400. The van der Waals surface area contributed by atoms with Crippen molar-refractivity contribution in [1.82, 2.24) is 29.3 Å². The summed E-state index contributed by atoms with van der Waals surface area (Å²) in [6, 6.07) is 12.4. The van der Waals surface area contributed by atoms with Crippen LogP contribution in [0.1, 0.15) is 0 Å². The van der Waals surface area contributed by atoms with E-state index in [9.17, 15) is 14.0 Å². The van der Waals surface area contributed by atoms with Gasteiger partial charge in [0.05, 0.1) is 11.9 Å². The zero-order chi connectivity index (χ0) is 25.9. The zero-order valence-corrected chi connectivity index (χ0v) is 19.4. The lowest BCUT2D eigenvalue weighted by Gasteiger charge is -2.14. The summed E-state index contributed by atoms with van der Waals surface area (Å²) in [7, 11) is 1.78. The molecule has 0 radical (unpaired) electrons. The first kappa shape index (κ1) is 23.4. The number of fused-ring (bicyclic) bond motifs is 1. The Morgan fingerprint density at radius 2 is 2.00 bits per heavy atom. The first-order valence-electron chi connectivity index (χ1n) is 10.9. The fourth-order valence-corrected chi connectivity index (χ4v) is 3.51. The highest BCUT2D eigenvalue weighted by atomic mass is 19.1. The Morgan fingerprint density at radius 1 is 1.14 bits per heavy atom. The molecule has 37 heavy (non-hydrogen) atoms. The van der Waals surface area contributed by atoms with Gasteiger partial charge in [-0.15, -0.1) is 0 Å². The Kier molecular flexibility index (Phi) is 6.12. The Hall–Kier alpha value is -5.39. The fourth-order valence-electron chi connectivity index (χ4n) is 3.51. The van der Waals surface area contributed by atoms with Crippen LogP contribution >= 0.6 is 0 Å². The summed E-state index contributed by atoms with van der Waals surface area (Å²) >= 11 is 0. The van der Waals surface area contributed by atoms with Crippen molar-refractivity contribution in [1.29, 1.82) is 0 Å². The van der Waals surface area contributed by atoms with E-state index in [-0.39, 0.29) is 23.1 Å². The van der Waals surface area contributed by atoms with Crippen LogP contribution in [0.2, 0.25) is 0 Å². The van der Waals surface area contributed by atoms with Gasteiger partial charge in [-0.2, -0.15) is 14.5 Å². The van der Waals surface area contributed by atoms with Crippen molar-refractivity contribution in [3.63, 3.8) is 0 Å². The first-order valence-corrected chi connectivity index (χ1v) is 10.9. The molecule has 1 amide bonds. The smallest absolute Gasteiger partial charge is 0.299 e. The Bertz CT molecular complexity index is 1700. The van der Waals surface area contributed by atoms with Crippen LogP contribution < -0.4 is 20.9 Å². The van der Waals surface area contributed by atoms with E-state index in [2.05, 4.69) is 37.3 Å². The van der Waals surface area contributed by atoms with Crippen molar-refractivity contribution in [3.05, 3.63) is 96.1 Å². The predicted octanol–water partition coefficient (Wildman–Crippen LogP) is 3.71. The number of carbonyl (C=O) groups excluding carboxylic acids is 1. The molecule has 0 bridgehead atoms. The first-order chi connectivity index (χ1) is 17.9. The minimum absolute atomic E-state index is 0.0597. The SMILES string of the molecule is C=CC(=O)Nc1cccc(-n2c(=O)c(Oc3ccc(F)nc3)cc3cnc(Nc4ccn(C)n4)nc32)c1. The second-order valence-corrected chi connectivity index (χ2v) is 7.78. The van der Waals surface area contributed by atoms with Gasteiger partial charge < -0.3 is 15.4 Å². The molecule has 5 aromatic rings. The Labute approximate surface area is 208 Å². The number of hydrogen-bond acceptors (Lipinski definition) is 8. The molecule has 1 aromatic carbocycles. The van der Waals surface area contributed by atoms with Gasteiger partial charge in [0.2, 0.25) is 17.8 Å². The summed E-state index contributed by atoms with van der Waals surface area (Å²) in [5, 5.41) is 10.4. The van der Waals surface area contributed by atoms with Gasteiger partial charge >= 0.3 is 0 Å². The summed E-state index contributed by atoms with van der Waals surface area (Å²) in [5.74, 6) is -0.232. The van der Waals surface area contributed by atoms with E-state index in [1.54, 1.807) is 48.3 Å². The number of rotatable bonds is 7. The highest BCUT2D eigenvalue weighted by molar-refractivity contribution is 5.99. The summed E-state index contributed by atoms with van der Waals surface area (Å²) in [5.41, 5.74) is 0.571. The van der Waals surface area contributed by atoms with Crippen LogP contribution in [0.25, 0.3) is 16.7 Å². The lowest BCUT2D eigenvalue weighted by molar-refractivity contribution is -0.111. The van der Waals surface area contributed by atoms with Gasteiger partial charge in [-0.25, -0.2) is 9.97 Å². The number of amides is 1. The van der Waals surface area contributed by atoms with Crippen molar-refractivity contribution in [2.75, 3.05) is 10.6 Å². The molecule has 0 fully saturated rings. The van der Waals surface area contributed by atoms with Gasteiger partial charge in [0.15, 0.2) is 17.2 Å². The van der Waals surface area contributed by atoms with E-state index >= 15 is 0 Å². The molecule has 0 saturated carbocycles. The predicted molar refractivity (Wildman–Crippen MR) is 135 cm³/mol. The summed E-state index contributed by atoms with van der Waals surface area (Å²) < 4.78 is 21.9. The van der Waals surface area contributed by atoms with E-state index in [1.165, 1.54) is 29.1 Å². The quantitative estimate of drug-likeness (QED) is 0.257. The summed E-state index contributed by atoms with van der Waals surface area (Å²) in [4.78, 5) is 37.9. The van der Waals surface area contributed by atoms with Crippen LogP contribution in [0.3, 0.4) is 0 Å². The number of benzene rings is 1. The second-order valence-electron chi connectivity index (χ2n) is 7.78. The zero-order valence-electron chi connectivity index (χ0n) is 19.4. The van der Waals surface area contributed by atoms with Crippen LogP contribution in [0.4, 0.5) is 21.8 Å². The third kappa shape index (κ3) is 5.03. The van der Waals surface area contributed by atoms with Crippen LogP contribution in [-0.2, 0) is 11.8 Å². The molecule has 0 aliphatic heterocycles. The van der Waals surface area contributed by atoms with Crippen LogP contribution in [0.5, 0.6) is 11.5 Å². The van der Waals surface area contributed by atoms with Crippen molar-refractivity contribution >= 4 is 34.4 Å². The number of ether oxygens (including phenoxy) is 1. The molecule has 0 aliphatic carbocycles. The standard InChI is InChI=1S/C25H19FN8O3/c1-3-22(35)29-16-5-4-6-17(12-16)34-23-15(13-28-25(31-23)30-21-9-10-33(2)32-21)11-19(24(34)36)37-18-7-8-20(26)27-14-18/h3-14H,1H2,2H3,(H,29,35)(H,28,30,31,32). The monoisotopic (exact) mass is 498 g/mol. The third-order valence-corrected chi connectivity index (χ3v) is 5.15. The number of aryl methyl sites for hydroxylation is 1. The molecule has 0 aliphatic rings. The molecule has 0 saturated heterocycles. The number of hydrogen-bond donors (Lipinski definition) is 2. The van der Waals surface area contributed by atoms with Gasteiger partial charge in [-0.3, -0.25) is 18.8 Å². The average molecular weight is 498 g/mol. The molecule has 0 spiro atoms. The molecule has 5 rings (SSSR count).